The first-order valence-corrected chi connectivity index (χ1v) is 8.78. The number of nitro groups is 1. The zero-order valence-corrected chi connectivity index (χ0v) is 15.3. The Morgan fingerprint density at radius 3 is 2.14 bits per heavy atom. The maximum Gasteiger partial charge on any atom is 0.269 e. The Hall–Kier alpha value is -3.78. The summed E-state index contributed by atoms with van der Waals surface area (Å²) in [5, 5.41) is 17.1. The summed E-state index contributed by atoms with van der Waals surface area (Å²) in [7, 11) is 0. The third-order valence-corrected chi connectivity index (χ3v) is 4.22. The van der Waals surface area contributed by atoms with Gasteiger partial charge in [-0.15, -0.1) is 0 Å². The quantitative estimate of drug-likeness (QED) is 0.281. The molecule has 0 atom stereocenters. The van der Waals surface area contributed by atoms with Crippen molar-refractivity contribution in [3.05, 3.63) is 82.9 Å². The first-order chi connectivity index (χ1) is 13.6. The largest absolute Gasteiger partial charge is 0.436 e. The fourth-order valence-electron chi connectivity index (χ4n) is 2.65. The number of oxazole rings is 1. The number of para-hydroxylation sites is 2. The van der Waals surface area contributed by atoms with Crippen LogP contribution in [0.4, 0.5) is 17.1 Å². The highest BCUT2D eigenvalue weighted by Crippen LogP contribution is 2.25. The van der Waals surface area contributed by atoms with Gasteiger partial charge in [0.1, 0.15) is 5.52 Å². The number of thiocarbonyl (C=S) groups is 1. The minimum Gasteiger partial charge on any atom is -0.436 e. The lowest BCUT2D eigenvalue weighted by Gasteiger charge is -2.10. The van der Waals surface area contributed by atoms with Crippen LogP contribution in [0.3, 0.4) is 0 Å². The molecule has 4 rings (SSSR count). The number of benzene rings is 3. The third-order valence-electron chi connectivity index (χ3n) is 4.02. The highest BCUT2D eigenvalue weighted by Gasteiger charge is 2.08. The monoisotopic (exact) mass is 390 g/mol. The van der Waals surface area contributed by atoms with Gasteiger partial charge in [-0.25, -0.2) is 4.98 Å². The number of non-ortho nitro benzene ring substituents is 1. The Bertz CT molecular complexity index is 1120. The van der Waals surface area contributed by atoms with Gasteiger partial charge in [0.2, 0.25) is 5.89 Å². The molecule has 1 aromatic heterocycles. The summed E-state index contributed by atoms with van der Waals surface area (Å²) in [4.78, 5) is 14.7. The van der Waals surface area contributed by atoms with E-state index in [4.69, 9.17) is 16.6 Å². The molecule has 7 nitrogen and oxygen atoms in total. The lowest BCUT2D eigenvalue weighted by atomic mass is 10.2. The molecule has 8 heteroatoms. The molecule has 0 unspecified atom stereocenters. The molecule has 0 saturated carbocycles. The van der Waals surface area contributed by atoms with E-state index in [1.807, 2.05) is 48.5 Å². The van der Waals surface area contributed by atoms with E-state index in [2.05, 4.69) is 15.6 Å². The fourth-order valence-corrected chi connectivity index (χ4v) is 2.89. The molecule has 0 aliphatic rings. The number of hydrogen-bond acceptors (Lipinski definition) is 5. The Morgan fingerprint density at radius 1 is 0.929 bits per heavy atom. The van der Waals surface area contributed by atoms with Crippen LogP contribution in [0.15, 0.2) is 77.2 Å². The molecule has 0 saturated heterocycles. The second-order valence-electron chi connectivity index (χ2n) is 5.95. The lowest BCUT2D eigenvalue weighted by Crippen LogP contribution is -2.18. The Balaban J connectivity index is 1.42. The number of hydrogen-bond donors (Lipinski definition) is 2. The standard InChI is InChI=1S/C20H14N4O3S/c25-24(26)16-11-9-15(10-12-16)22-20(28)21-14-7-5-13(6-8-14)19-23-17-3-1-2-4-18(17)27-19/h1-12H,(H2,21,22,28). The van der Waals surface area contributed by atoms with Crippen molar-refractivity contribution < 1.29 is 9.34 Å². The van der Waals surface area contributed by atoms with Gasteiger partial charge in [-0.2, -0.15) is 0 Å². The van der Waals surface area contributed by atoms with Crippen LogP contribution in [0.5, 0.6) is 0 Å². The summed E-state index contributed by atoms with van der Waals surface area (Å²) in [6.07, 6.45) is 0. The summed E-state index contributed by atoms with van der Waals surface area (Å²) in [5.41, 5.74) is 3.89. The molecule has 0 radical (unpaired) electrons. The average molecular weight is 390 g/mol. The van der Waals surface area contributed by atoms with Crippen molar-refractivity contribution in [3.8, 4) is 11.5 Å². The Labute approximate surface area is 165 Å². The molecular formula is C20H14N4O3S. The van der Waals surface area contributed by atoms with Crippen molar-refractivity contribution in [1.82, 2.24) is 4.98 Å². The number of nitrogens with zero attached hydrogens (tertiary/aromatic N) is 2. The smallest absolute Gasteiger partial charge is 0.269 e. The maximum atomic E-state index is 10.7. The molecule has 0 aliphatic heterocycles. The molecule has 138 valence electrons. The highest BCUT2D eigenvalue weighted by molar-refractivity contribution is 7.80. The first-order valence-electron chi connectivity index (χ1n) is 8.37. The minimum absolute atomic E-state index is 0.0270. The topological polar surface area (TPSA) is 93.2 Å². The number of fused-ring (bicyclic) bond motifs is 1. The molecular weight excluding hydrogens is 376 g/mol. The van der Waals surface area contributed by atoms with E-state index >= 15 is 0 Å². The van der Waals surface area contributed by atoms with Crippen LogP contribution in [0.1, 0.15) is 0 Å². The van der Waals surface area contributed by atoms with Gasteiger partial charge >= 0.3 is 0 Å². The van der Waals surface area contributed by atoms with Crippen molar-refractivity contribution >= 4 is 45.5 Å². The molecule has 0 fully saturated rings. The molecule has 4 aromatic rings. The summed E-state index contributed by atoms with van der Waals surface area (Å²) in [6, 6.07) is 21.2. The second kappa shape index (κ2) is 7.45. The van der Waals surface area contributed by atoms with Crippen LogP contribution in [-0.2, 0) is 0 Å². The molecule has 0 aliphatic carbocycles. The van der Waals surface area contributed by atoms with Gasteiger partial charge in [-0.1, -0.05) is 12.1 Å². The summed E-state index contributed by atoms with van der Waals surface area (Å²) < 4.78 is 5.76. The highest BCUT2D eigenvalue weighted by atomic mass is 32.1. The molecule has 28 heavy (non-hydrogen) atoms. The number of nitrogens with one attached hydrogen (secondary N) is 2. The molecule has 1 heterocycles. The minimum atomic E-state index is -0.446. The van der Waals surface area contributed by atoms with Gasteiger partial charge in [0.05, 0.1) is 4.92 Å². The van der Waals surface area contributed by atoms with Gasteiger partial charge in [-0.05, 0) is 60.7 Å². The van der Waals surface area contributed by atoms with E-state index in [0.717, 1.165) is 22.4 Å². The first kappa shape index (κ1) is 17.6. The van der Waals surface area contributed by atoms with Gasteiger partial charge < -0.3 is 15.1 Å². The van der Waals surface area contributed by atoms with Crippen molar-refractivity contribution in [2.45, 2.75) is 0 Å². The van der Waals surface area contributed by atoms with Gasteiger partial charge in [0.15, 0.2) is 10.7 Å². The molecule has 2 N–H and O–H groups in total. The van der Waals surface area contributed by atoms with Gasteiger partial charge in [0.25, 0.3) is 5.69 Å². The second-order valence-corrected chi connectivity index (χ2v) is 6.36. The number of nitro benzene ring substituents is 1. The molecule has 3 aromatic carbocycles. The van der Waals surface area contributed by atoms with Gasteiger partial charge in [-0.3, -0.25) is 10.1 Å². The van der Waals surface area contributed by atoms with Gasteiger partial charge in [0, 0.05) is 29.1 Å². The number of anilines is 2. The van der Waals surface area contributed by atoms with Crippen LogP contribution in [0.2, 0.25) is 0 Å². The van der Waals surface area contributed by atoms with Crippen LogP contribution in [0.25, 0.3) is 22.6 Å². The van der Waals surface area contributed by atoms with E-state index in [-0.39, 0.29) is 5.69 Å². The normalized spacial score (nSPS) is 10.6. The number of rotatable bonds is 4. The van der Waals surface area contributed by atoms with E-state index in [9.17, 15) is 10.1 Å². The predicted octanol–water partition coefficient (Wildman–Crippen LogP) is 5.21. The Morgan fingerprint density at radius 2 is 1.54 bits per heavy atom. The molecule has 0 amide bonds. The SMILES string of the molecule is O=[N+]([O-])c1ccc(NC(=S)Nc2ccc(-c3nc4ccccc4o3)cc2)cc1. The zero-order valence-electron chi connectivity index (χ0n) is 14.5. The van der Waals surface area contributed by atoms with Crippen LogP contribution in [-0.4, -0.2) is 15.0 Å². The summed E-state index contributed by atoms with van der Waals surface area (Å²) >= 11 is 5.29. The molecule has 0 spiro atoms. The Kier molecular flexibility index (Phi) is 4.69. The van der Waals surface area contributed by atoms with Crippen LogP contribution in [0, 0.1) is 10.1 Å². The zero-order chi connectivity index (χ0) is 19.5. The van der Waals surface area contributed by atoms with E-state index in [0.29, 0.717) is 16.7 Å². The maximum absolute atomic E-state index is 10.7. The van der Waals surface area contributed by atoms with Crippen molar-refractivity contribution in [3.63, 3.8) is 0 Å². The predicted molar refractivity (Wildman–Crippen MR) is 112 cm³/mol. The number of aromatic nitrogens is 1. The fraction of sp³-hybridized carbons (Fsp3) is 0. The summed E-state index contributed by atoms with van der Waals surface area (Å²) in [6.45, 7) is 0. The van der Waals surface area contributed by atoms with E-state index in [1.165, 1.54) is 12.1 Å². The van der Waals surface area contributed by atoms with Crippen LogP contribution < -0.4 is 10.6 Å². The van der Waals surface area contributed by atoms with Crippen molar-refractivity contribution in [2.24, 2.45) is 0 Å². The van der Waals surface area contributed by atoms with E-state index < -0.39 is 4.92 Å². The lowest BCUT2D eigenvalue weighted by molar-refractivity contribution is -0.384. The summed E-state index contributed by atoms with van der Waals surface area (Å²) in [5.74, 6) is 0.555. The third kappa shape index (κ3) is 3.81. The average Bonchev–Trinajstić information content (AvgIpc) is 3.13. The van der Waals surface area contributed by atoms with Crippen LogP contribution >= 0.6 is 12.2 Å². The van der Waals surface area contributed by atoms with Crippen molar-refractivity contribution in [1.29, 1.82) is 0 Å². The van der Waals surface area contributed by atoms with Crippen molar-refractivity contribution in [2.75, 3.05) is 10.6 Å². The van der Waals surface area contributed by atoms with E-state index in [1.54, 1.807) is 12.1 Å². The molecule has 0 bridgehead atoms.